The Morgan fingerprint density at radius 2 is 1.91 bits per heavy atom. The average molecular weight is 174 g/mol. The van der Waals surface area contributed by atoms with E-state index in [4.69, 9.17) is 10.3 Å². The number of rotatable bonds is 4. The molecule has 0 atom stereocenters. The molecule has 0 aliphatic rings. The van der Waals surface area contributed by atoms with Crippen molar-refractivity contribution in [2.75, 3.05) is 20.2 Å². The summed E-state index contributed by atoms with van der Waals surface area (Å²) in [5.41, 5.74) is 0. The van der Waals surface area contributed by atoms with Gasteiger partial charge < -0.3 is 16.2 Å². The van der Waals surface area contributed by atoms with Crippen molar-refractivity contribution in [1.29, 1.82) is 0 Å². The first kappa shape index (κ1) is 17.8. The summed E-state index contributed by atoms with van der Waals surface area (Å²) in [5, 5.41) is 18.0. The largest absolute Gasteiger partial charge is 1.00 e. The summed E-state index contributed by atoms with van der Waals surface area (Å²) in [7, 11) is 1.93. The SMILES string of the molecule is CN([NH3+])CCCCO.N[O-].[Na+]. The molecule has 0 saturated carbocycles. The van der Waals surface area contributed by atoms with Crippen LogP contribution in [0.15, 0.2) is 0 Å². The van der Waals surface area contributed by atoms with Crippen LogP contribution in [-0.2, 0) is 0 Å². The zero-order valence-electron chi connectivity index (χ0n) is 7.42. The van der Waals surface area contributed by atoms with Crippen LogP contribution in [0.5, 0.6) is 0 Å². The molecule has 0 saturated heterocycles. The molecule has 0 unspecified atom stereocenters. The fourth-order valence-electron chi connectivity index (χ4n) is 0.494. The molecule has 0 aromatic rings. The second kappa shape index (κ2) is 17.0. The zero-order chi connectivity index (χ0) is 8.41. The van der Waals surface area contributed by atoms with Crippen molar-refractivity contribution in [3.05, 3.63) is 5.21 Å². The molecule has 0 amide bonds. The quantitative estimate of drug-likeness (QED) is 0.226. The Bertz CT molecular complexity index is 57.0. The van der Waals surface area contributed by atoms with E-state index in [9.17, 15) is 0 Å². The van der Waals surface area contributed by atoms with Gasteiger partial charge in [0.2, 0.25) is 0 Å². The number of aliphatic hydroxyl groups excluding tert-OH is 1. The minimum absolute atomic E-state index is 0. The van der Waals surface area contributed by atoms with E-state index in [2.05, 4.69) is 11.7 Å². The van der Waals surface area contributed by atoms with Gasteiger partial charge in [0.15, 0.2) is 0 Å². The molecule has 0 spiro atoms. The Balaban J connectivity index is -0.000000196. The number of nitrogens with two attached hydrogens (primary N) is 1. The third kappa shape index (κ3) is 24.9. The van der Waals surface area contributed by atoms with E-state index in [1.165, 1.54) is 0 Å². The van der Waals surface area contributed by atoms with E-state index < -0.39 is 0 Å². The monoisotopic (exact) mass is 174 g/mol. The molecule has 11 heavy (non-hydrogen) atoms. The summed E-state index contributed by atoms with van der Waals surface area (Å²) in [6.45, 7) is 1.27. The molecule has 0 aliphatic heterocycles. The molecule has 6 heteroatoms. The molecule has 6 N–H and O–H groups in total. The van der Waals surface area contributed by atoms with E-state index in [0.717, 1.165) is 19.4 Å². The average Bonchev–Trinajstić information content (AvgIpc) is 1.92. The van der Waals surface area contributed by atoms with Crippen molar-refractivity contribution in [3.63, 3.8) is 0 Å². The van der Waals surface area contributed by atoms with Crippen molar-refractivity contribution in [3.8, 4) is 0 Å². The first-order valence-electron chi connectivity index (χ1n) is 3.13. The molecule has 0 aromatic carbocycles. The Morgan fingerprint density at radius 1 is 1.45 bits per heavy atom. The van der Waals surface area contributed by atoms with Crippen LogP contribution in [-0.4, -0.2) is 30.3 Å². The molecule has 0 aromatic heterocycles. The van der Waals surface area contributed by atoms with Gasteiger partial charge in [0, 0.05) is 20.2 Å². The standard InChI is InChI=1S/C5H14N2O.H2NO.Na/c1-7(6)4-2-3-5-8;1-2;/h8H,2-6H2,1H3;1H2;/q;-1;+1/p+1. The van der Waals surface area contributed by atoms with Gasteiger partial charge in [-0.15, -0.1) is 0 Å². The van der Waals surface area contributed by atoms with E-state index >= 15 is 0 Å². The van der Waals surface area contributed by atoms with Gasteiger partial charge in [0.1, 0.15) is 0 Å². The van der Waals surface area contributed by atoms with Crippen molar-refractivity contribution in [1.82, 2.24) is 5.01 Å². The fraction of sp³-hybridized carbons (Fsp3) is 1.00. The minimum Gasteiger partial charge on any atom is -0.790 e. The molecular formula is C5H17N3NaO2+. The van der Waals surface area contributed by atoms with E-state index in [1.54, 1.807) is 0 Å². The number of hydrogen-bond donors (Lipinski definition) is 3. The Morgan fingerprint density at radius 3 is 2.18 bits per heavy atom. The topological polar surface area (TPSA) is 100 Å². The van der Waals surface area contributed by atoms with Gasteiger partial charge in [0.25, 0.3) is 0 Å². The Kier molecular flexibility index (Phi) is 27.5. The third-order valence-electron chi connectivity index (χ3n) is 0.948. The van der Waals surface area contributed by atoms with E-state index in [1.807, 2.05) is 12.1 Å². The van der Waals surface area contributed by atoms with Crippen LogP contribution < -0.4 is 41.3 Å². The second-order valence-electron chi connectivity index (χ2n) is 2.01. The summed E-state index contributed by atoms with van der Waals surface area (Å²) < 4.78 is 0. The van der Waals surface area contributed by atoms with Crippen LogP contribution >= 0.6 is 0 Å². The molecular weight excluding hydrogens is 157 g/mol. The molecule has 5 nitrogen and oxygen atoms in total. The summed E-state index contributed by atoms with van der Waals surface area (Å²) in [6.07, 6.45) is 1.93. The molecule has 64 valence electrons. The van der Waals surface area contributed by atoms with Crippen molar-refractivity contribution in [2.24, 2.45) is 5.90 Å². The van der Waals surface area contributed by atoms with Crippen LogP contribution in [0.2, 0.25) is 0 Å². The molecule has 0 radical (unpaired) electrons. The van der Waals surface area contributed by atoms with Crippen LogP contribution in [0, 0.1) is 5.21 Å². The summed E-state index contributed by atoms with van der Waals surface area (Å²) >= 11 is 0. The maximum Gasteiger partial charge on any atom is 1.00 e. The van der Waals surface area contributed by atoms with Gasteiger partial charge in [-0.2, -0.15) is 5.01 Å². The van der Waals surface area contributed by atoms with Gasteiger partial charge in [-0.1, -0.05) is 0 Å². The predicted octanol–water partition coefficient (Wildman–Crippen LogP) is -4.71. The maximum absolute atomic E-state index is 8.34. The summed E-state index contributed by atoms with van der Waals surface area (Å²) in [6, 6.07) is 0. The Hall–Kier alpha value is 0.800. The molecule has 0 fully saturated rings. The Labute approximate surface area is 89.6 Å². The number of aliphatic hydroxyl groups is 1. The van der Waals surface area contributed by atoms with Crippen LogP contribution in [0.3, 0.4) is 0 Å². The normalized spacial score (nSPS) is 8.18. The first-order valence-corrected chi connectivity index (χ1v) is 3.13. The number of unbranched alkanes of at least 4 members (excludes halogenated alkanes) is 1. The smallest absolute Gasteiger partial charge is 0.790 e. The molecule has 0 rings (SSSR count). The molecule has 0 bridgehead atoms. The molecule has 0 heterocycles. The van der Waals surface area contributed by atoms with E-state index in [0.29, 0.717) is 6.61 Å². The minimum atomic E-state index is 0. The van der Waals surface area contributed by atoms with Crippen LogP contribution in [0.1, 0.15) is 12.8 Å². The van der Waals surface area contributed by atoms with Gasteiger partial charge in [0.05, 0.1) is 0 Å². The van der Waals surface area contributed by atoms with Crippen molar-refractivity contribution in [2.45, 2.75) is 12.8 Å². The maximum atomic E-state index is 8.34. The van der Waals surface area contributed by atoms with E-state index in [-0.39, 0.29) is 29.6 Å². The van der Waals surface area contributed by atoms with Gasteiger partial charge in [-0.3, -0.25) is 5.84 Å². The zero-order valence-corrected chi connectivity index (χ0v) is 9.42. The van der Waals surface area contributed by atoms with Crippen LogP contribution in [0.4, 0.5) is 0 Å². The third-order valence-corrected chi connectivity index (χ3v) is 0.948. The van der Waals surface area contributed by atoms with Gasteiger partial charge in [-0.05, 0) is 12.8 Å². The van der Waals surface area contributed by atoms with Crippen molar-refractivity contribution >= 4 is 0 Å². The van der Waals surface area contributed by atoms with Crippen LogP contribution in [0.25, 0.3) is 0 Å². The fourth-order valence-corrected chi connectivity index (χ4v) is 0.494. The van der Waals surface area contributed by atoms with Gasteiger partial charge in [-0.25, -0.2) is 0 Å². The summed E-state index contributed by atoms with van der Waals surface area (Å²) in [5.74, 6) is 6.91. The first-order chi connectivity index (χ1) is 4.77. The second-order valence-corrected chi connectivity index (χ2v) is 2.01. The number of hydrogen-bond acceptors (Lipinski definition) is 4. The van der Waals surface area contributed by atoms with Crippen molar-refractivity contribution < 1.29 is 40.5 Å². The number of nitrogens with zero attached hydrogens (tertiary/aromatic N) is 1. The van der Waals surface area contributed by atoms with Gasteiger partial charge >= 0.3 is 29.6 Å². The molecule has 0 aliphatic carbocycles. The number of quaternary nitrogens is 1. The summed E-state index contributed by atoms with van der Waals surface area (Å²) in [4.78, 5) is 0. The predicted molar refractivity (Wildman–Crippen MR) is 39.4 cm³/mol.